The van der Waals surface area contributed by atoms with E-state index in [9.17, 15) is 13.2 Å². The van der Waals surface area contributed by atoms with E-state index < -0.39 is 15.1 Å². The number of amides is 2. The maximum Gasteiger partial charge on any atom is 0.326 e. The third-order valence-corrected chi connectivity index (χ3v) is 6.94. The number of carbonyl (C=O) groups is 1. The fourth-order valence-corrected chi connectivity index (χ4v) is 4.94. The van der Waals surface area contributed by atoms with Crippen molar-refractivity contribution in [2.45, 2.75) is 11.4 Å². The number of rotatable bonds is 3. The van der Waals surface area contributed by atoms with E-state index in [4.69, 9.17) is 45.5 Å². The van der Waals surface area contributed by atoms with E-state index >= 15 is 0 Å². The molecule has 1 heterocycles. The number of urea groups is 1. The Labute approximate surface area is 192 Å². The van der Waals surface area contributed by atoms with E-state index in [2.05, 4.69) is 5.32 Å². The average Bonchev–Trinajstić information content (AvgIpc) is 2.68. The van der Waals surface area contributed by atoms with Gasteiger partial charge in [-0.1, -0.05) is 59.1 Å². The van der Waals surface area contributed by atoms with Gasteiger partial charge in [0.15, 0.2) is 0 Å². The molecule has 1 aliphatic rings. The zero-order chi connectivity index (χ0) is 21.6. The third kappa shape index (κ3) is 3.74. The zero-order valence-corrected chi connectivity index (χ0v) is 18.8. The molecule has 0 spiro atoms. The molecular formula is C20H12Cl4N2O3S. The summed E-state index contributed by atoms with van der Waals surface area (Å²) in [5.41, 5.74) is 2.28. The first-order chi connectivity index (χ1) is 14.2. The summed E-state index contributed by atoms with van der Waals surface area (Å²) in [7, 11) is 1.54. The fourth-order valence-electron chi connectivity index (χ4n) is 3.35. The van der Waals surface area contributed by atoms with Gasteiger partial charge in [0.05, 0.1) is 26.3 Å². The van der Waals surface area contributed by atoms with Gasteiger partial charge in [-0.2, -0.15) is 0 Å². The Morgan fingerprint density at radius 3 is 2.13 bits per heavy atom. The topological polar surface area (TPSA) is 66.5 Å². The van der Waals surface area contributed by atoms with Crippen LogP contribution in [0.5, 0.6) is 0 Å². The average molecular weight is 502 g/mol. The Bertz CT molecular complexity index is 1270. The Balaban J connectivity index is 2.08. The van der Waals surface area contributed by atoms with Gasteiger partial charge in [0.25, 0.3) is 9.05 Å². The van der Waals surface area contributed by atoms with Crippen LogP contribution in [0.2, 0.25) is 15.1 Å². The van der Waals surface area contributed by atoms with Crippen LogP contribution in [0.3, 0.4) is 0 Å². The summed E-state index contributed by atoms with van der Waals surface area (Å²) in [5.74, 6) is 0. The first kappa shape index (κ1) is 21.3. The highest BCUT2D eigenvalue weighted by Gasteiger charge is 2.32. The molecule has 3 aromatic carbocycles. The molecule has 30 heavy (non-hydrogen) atoms. The van der Waals surface area contributed by atoms with Gasteiger partial charge in [0.1, 0.15) is 0 Å². The van der Waals surface area contributed by atoms with E-state index in [-0.39, 0.29) is 27.2 Å². The second kappa shape index (κ2) is 7.94. The Kier molecular flexibility index (Phi) is 5.64. The monoisotopic (exact) mass is 500 g/mol. The molecule has 0 radical (unpaired) electrons. The van der Waals surface area contributed by atoms with Crippen LogP contribution in [0, 0.1) is 0 Å². The molecule has 154 valence electrons. The summed E-state index contributed by atoms with van der Waals surface area (Å²) >= 11 is 19.0. The Morgan fingerprint density at radius 1 is 0.867 bits per heavy atom. The molecule has 3 aromatic rings. The van der Waals surface area contributed by atoms with Crippen LogP contribution in [0.1, 0.15) is 5.56 Å². The smallest absolute Gasteiger partial charge is 0.326 e. The highest BCUT2D eigenvalue weighted by atomic mass is 35.7. The number of halogens is 4. The Hall–Kier alpha value is -1.96. The molecule has 0 aliphatic carbocycles. The van der Waals surface area contributed by atoms with E-state index in [0.717, 1.165) is 0 Å². The van der Waals surface area contributed by atoms with Gasteiger partial charge in [-0.05, 0) is 35.9 Å². The number of para-hydroxylation sites is 1. The number of carbonyl (C=O) groups excluding carboxylic acids is 1. The summed E-state index contributed by atoms with van der Waals surface area (Å²) in [4.78, 5) is 13.9. The number of fused-ring (bicyclic) bond motifs is 1. The first-order valence-corrected chi connectivity index (χ1v) is 12.0. The molecule has 0 saturated heterocycles. The zero-order valence-electron chi connectivity index (χ0n) is 15.0. The molecule has 0 saturated carbocycles. The molecule has 0 fully saturated rings. The molecule has 0 aromatic heterocycles. The first-order valence-electron chi connectivity index (χ1n) is 8.57. The van der Waals surface area contributed by atoms with Gasteiger partial charge < -0.3 is 5.32 Å². The van der Waals surface area contributed by atoms with Crippen molar-refractivity contribution in [2.24, 2.45) is 0 Å². The van der Waals surface area contributed by atoms with Crippen LogP contribution in [0.15, 0.2) is 59.5 Å². The maximum absolute atomic E-state index is 12.8. The molecule has 1 aliphatic heterocycles. The number of anilines is 2. The van der Waals surface area contributed by atoms with E-state index in [1.54, 1.807) is 42.5 Å². The molecule has 10 heteroatoms. The van der Waals surface area contributed by atoms with Crippen molar-refractivity contribution < 1.29 is 13.2 Å². The lowest BCUT2D eigenvalue weighted by Crippen LogP contribution is -2.41. The van der Waals surface area contributed by atoms with Gasteiger partial charge >= 0.3 is 6.03 Å². The van der Waals surface area contributed by atoms with E-state index in [0.29, 0.717) is 27.4 Å². The van der Waals surface area contributed by atoms with Crippen LogP contribution in [0.25, 0.3) is 11.1 Å². The molecule has 0 unspecified atom stereocenters. The summed E-state index contributed by atoms with van der Waals surface area (Å²) < 4.78 is 24.4. The van der Waals surface area contributed by atoms with Gasteiger partial charge in [-0.25, -0.2) is 13.2 Å². The van der Waals surface area contributed by atoms with Crippen molar-refractivity contribution in [1.82, 2.24) is 5.32 Å². The van der Waals surface area contributed by atoms with Crippen LogP contribution >= 0.6 is 45.5 Å². The third-order valence-electron chi connectivity index (χ3n) is 4.67. The molecule has 5 nitrogen and oxygen atoms in total. The largest absolute Gasteiger partial charge is 0.333 e. The lowest BCUT2D eigenvalue weighted by molar-refractivity contribution is 0.247. The SMILES string of the molecule is O=C1NCc2c(-c3ccccc3Cl)cc(S(=O)(=O)Cl)cc2N1c1c(Cl)cccc1Cl. The van der Waals surface area contributed by atoms with Crippen LogP contribution in [0.4, 0.5) is 16.2 Å². The number of hydrogen-bond acceptors (Lipinski definition) is 3. The summed E-state index contributed by atoms with van der Waals surface area (Å²) in [6.07, 6.45) is 0. The minimum Gasteiger partial charge on any atom is -0.333 e. The van der Waals surface area contributed by atoms with Crippen LogP contribution < -0.4 is 10.2 Å². The summed E-state index contributed by atoms with van der Waals surface area (Å²) in [5, 5.41) is 3.64. The van der Waals surface area contributed by atoms with Crippen molar-refractivity contribution in [3.63, 3.8) is 0 Å². The van der Waals surface area contributed by atoms with Crippen LogP contribution in [-0.2, 0) is 15.6 Å². The Morgan fingerprint density at radius 2 is 1.50 bits per heavy atom. The molecular weight excluding hydrogens is 490 g/mol. The molecule has 2 amide bonds. The van der Waals surface area contributed by atoms with Crippen molar-refractivity contribution in [3.8, 4) is 11.1 Å². The standard InChI is InChI=1S/C20H12Cl4N2O3S/c21-15-5-2-1-4-12(15)13-8-11(30(24,28)29)9-18-14(13)10-25-20(27)26(18)19-16(22)6-3-7-17(19)23/h1-9H,10H2,(H,25,27). The highest BCUT2D eigenvalue weighted by Crippen LogP contribution is 2.45. The summed E-state index contributed by atoms with van der Waals surface area (Å²) in [6, 6.07) is 14.1. The predicted molar refractivity (Wildman–Crippen MR) is 121 cm³/mol. The molecule has 0 bridgehead atoms. The lowest BCUT2D eigenvalue weighted by Gasteiger charge is -2.33. The predicted octanol–water partition coefficient (Wildman–Crippen LogP) is 6.60. The highest BCUT2D eigenvalue weighted by molar-refractivity contribution is 8.13. The van der Waals surface area contributed by atoms with Crippen molar-refractivity contribution in [1.29, 1.82) is 0 Å². The number of hydrogen-bond donors (Lipinski definition) is 1. The quantitative estimate of drug-likeness (QED) is 0.411. The molecule has 4 rings (SSSR count). The van der Waals surface area contributed by atoms with Crippen LogP contribution in [-0.4, -0.2) is 14.4 Å². The summed E-state index contributed by atoms with van der Waals surface area (Å²) in [6.45, 7) is 0.149. The van der Waals surface area contributed by atoms with Gasteiger partial charge in [0.2, 0.25) is 0 Å². The number of nitrogens with zero attached hydrogens (tertiary/aromatic N) is 1. The van der Waals surface area contributed by atoms with Gasteiger partial charge in [-0.15, -0.1) is 0 Å². The molecule has 1 N–H and O–H groups in total. The number of benzene rings is 3. The maximum atomic E-state index is 12.8. The van der Waals surface area contributed by atoms with Crippen molar-refractivity contribution in [2.75, 3.05) is 4.90 Å². The number of nitrogens with one attached hydrogen (secondary N) is 1. The lowest BCUT2D eigenvalue weighted by atomic mass is 9.96. The van der Waals surface area contributed by atoms with Gasteiger partial charge in [-0.3, -0.25) is 4.90 Å². The van der Waals surface area contributed by atoms with E-state index in [1.807, 2.05) is 0 Å². The van der Waals surface area contributed by atoms with E-state index in [1.165, 1.54) is 17.0 Å². The minimum atomic E-state index is -4.12. The van der Waals surface area contributed by atoms with Gasteiger partial charge in [0, 0.05) is 33.4 Å². The molecule has 0 atom stereocenters. The fraction of sp³-hybridized carbons (Fsp3) is 0.0500. The van der Waals surface area contributed by atoms with Crippen molar-refractivity contribution >= 4 is 71.9 Å². The normalized spacial score (nSPS) is 13.7. The second-order valence-corrected chi connectivity index (χ2v) is 10.2. The van der Waals surface area contributed by atoms with Crippen molar-refractivity contribution in [3.05, 3.63) is 75.2 Å². The minimum absolute atomic E-state index is 0.149. The second-order valence-electron chi connectivity index (χ2n) is 6.45.